The summed E-state index contributed by atoms with van der Waals surface area (Å²) in [7, 11) is 0. The molecule has 0 saturated heterocycles. The average molecular weight is 287 g/mol. The molecule has 1 N–H and O–H groups in total. The molecule has 0 amide bonds. The maximum absolute atomic E-state index is 13.5. The smallest absolute Gasteiger partial charge is 0.127 e. The molecule has 112 valence electrons. The van der Waals surface area contributed by atoms with Crippen LogP contribution in [-0.4, -0.2) is 24.7 Å². The van der Waals surface area contributed by atoms with Gasteiger partial charge in [-0.25, -0.2) is 4.39 Å². The number of nitrogens with zero attached hydrogens (tertiary/aromatic N) is 2. The van der Waals surface area contributed by atoms with E-state index in [1.165, 1.54) is 18.9 Å². The molecular weight excluding hydrogens is 265 g/mol. The van der Waals surface area contributed by atoms with Gasteiger partial charge < -0.3 is 4.90 Å². The van der Waals surface area contributed by atoms with E-state index in [4.69, 9.17) is 0 Å². The first-order valence-corrected chi connectivity index (χ1v) is 7.86. The van der Waals surface area contributed by atoms with E-state index in [-0.39, 0.29) is 5.82 Å². The lowest BCUT2D eigenvalue weighted by atomic mass is 9.93. The highest BCUT2D eigenvalue weighted by atomic mass is 19.1. The van der Waals surface area contributed by atoms with Gasteiger partial charge in [0.1, 0.15) is 11.4 Å². The molecule has 2 aliphatic rings. The number of nitrogens with one attached hydrogen (secondary N) is 1. The third-order valence-corrected chi connectivity index (χ3v) is 4.51. The Kier molecular flexibility index (Phi) is 3.86. The maximum atomic E-state index is 13.5. The first-order valence-electron chi connectivity index (χ1n) is 7.86. The van der Waals surface area contributed by atoms with Crippen molar-refractivity contribution in [2.75, 3.05) is 18.0 Å². The molecule has 2 fully saturated rings. The Hall–Kier alpha value is -1.60. The van der Waals surface area contributed by atoms with Crippen LogP contribution in [0.25, 0.3) is 0 Å². The summed E-state index contributed by atoms with van der Waals surface area (Å²) in [6.45, 7) is 3.45. The van der Waals surface area contributed by atoms with E-state index >= 15 is 0 Å². The number of rotatable bonds is 7. The van der Waals surface area contributed by atoms with Crippen molar-refractivity contribution in [3.05, 3.63) is 30.1 Å². The van der Waals surface area contributed by atoms with E-state index < -0.39 is 5.54 Å². The van der Waals surface area contributed by atoms with Crippen molar-refractivity contribution >= 4 is 5.69 Å². The van der Waals surface area contributed by atoms with Crippen molar-refractivity contribution in [2.45, 2.75) is 44.2 Å². The lowest BCUT2D eigenvalue weighted by Crippen LogP contribution is -2.55. The van der Waals surface area contributed by atoms with Crippen molar-refractivity contribution < 1.29 is 4.39 Å². The van der Waals surface area contributed by atoms with Gasteiger partial charge >= 0.3 is 0 Å². The molecule has 3 nitrogen and oxygen atoms in total. The first kappa shape index (κ1) is 14.3. The summed E-state index contributed by atoms with van der Waals surface area (Å²) in [4.78, 5) is 2.11. The van der Waals surface area contributed by atoms with Gasteiger partial charge in [0.25, 0.3) is 0 Å². The Labute approximate surface area is 125 Å². The monoisotopic (exact) mass is 287 g/mol. The molecule has 2 saturated carbocycles. The van der Waals surface area contributed by atoms with Crippen molar-refractivity contribution in [3.8, 4) is 6.07 Å². The fourth-order valence-electron chi connectivity index (χ4n) is 2.98. The summed E-state index contributed by atoms with van der Waals surface area (Å²) in [5.74, 6) is 0.209. The number of nitriles is 1. The van der Waals surface area contributed by atoms with Crippen LogP contribution in [0, 0.1) is 23.1 Å². The molecule has 1 aromatic rings. The molecule has 4 heteroatoms. The van der Waals surface area contributed by atoms with Crippen molar-refractivity contribution in [1.29, 1.82) is 5.26 Å². The van der Waals surface area contributed by atoms with Crippen molar-refractivity contribution in [1.82, 2.24) is 5.32 Å². The second-order valence-electron chi connectivity index (χ2n) is 6.27. The number of hydrogen-bond acceptors (Lipinski definition) is 3. The van der Waals surface area contributed by atoms with E-state index in [1.54, 1.807) is 12.1 Å². The van der Waals surface area contributed by atoms with Gasteiger partial charge in [0.05, 0.1) is 6.07 Å². The van der Waals surface area contributed by atoms with E-state index in [0.29, 0.717) is 18.5 Å². The van der Waals surface area contributed by atoms with Crippen LogP contribution in [0.5, 0.6) is 0 Å². The van der Waals surface area contributed by atoms with Gasteiger partial charge in [0, 0.05) is 24.8 Å². The maximum Gasteiger partial charge on any atom is 0.127 e. The third-order valence-electron chi connectivity index (χ3n) is 4.51. The molecule has 3 rings (SSSR count). The highest BCUT2D eigenvalue weighted by Gasteiger charge is 2.49. The van der Waals surface area contributed by atoms with E-state index in [0.717, 1.165) is 25.1 Å². The molecule has 0 radical (unpaired) electrons. The quantitative estimate of drug-likeness (QED) is 0.837. The number of likely N-dealkylation sites (N-methyl/N-ethyl adjacent to an activating group) is 1. The van der Waals surface area contributed by atoms with Crippen LogP contribution in [0.1, 0.15) is 32.6 Å². The summed E-state index contributed by atoms with van der Waals surface area (Å²) in [5, 5.41) is 13.4. The van der Waals surface area contributed by atoms with Gasteiger partial charge in [-0.15, -0.1) is 0 Å². The molecule has 21 heavy (non-hydrogen) atoms. The topological polar surface area (TPSA) is 39.1 Å². The minimum absolute atomic E-state index is 0.227. The summed E-state index contributed by atoms with van der Waals surface area (Å²) < 4.78 is 13.5. The van der Waals surface area contributed by atoms with Crippen LogP contribution < -0.4 is 10.2 Å². The summed E-state index contributed by atoms with van der Waals surface area (Å²) in [6, 6.07) is 9.70. The third kappa shape index (κ3) is 3.19. The molecule has 0 aliphatic heterocycles. The Morgan fingerprint density at radius 2 is 2.14 bits per heavy atom. The molecule has 1 unspecified atom stereocenters. The Morgan fingerprint density at radius 3 is 2.67 bits per heavy atom. The Morgan fingerprint density at radius 1 is 1.38 bits per heavy atom. The highest BCUT2D eigenvalue weighted by molar-refractivity contribution is 5.47. The van der Waals surface area contributed by atoms with Gasteiger partial charge in [-0.3, -0.25) is 5.32 Å². The van der Waals surface area contributed by atoms with Crippen LogP contribution in [0.3, 0.4) is 0 Å². The SMILES string of the molecule is CCN(CC(C#N)(NC1CC1)C1CC1)c1cccc(F)c1. The van der Waals surface area contributed by atoms with Crippen LogP contribution in [0.4, 0.5) is 10.1 Å². The highest BCUT2D eigenvalue weighted by Crippen LogP contribution is 2.42. The molecule has 1 atom stereocenters. The van der Waals surface area contributed by atoms with Gasteiger partial charge in [-0.2, -0.15) is 5.26 Å². The minimum Gasteiger partial charge on any atom is -0.369 e. The summed E-state index contributed by atoms with van der Waals surface area (Å²) in [6.07, 6.45) is 4.58. The van der Waals surface area contributed by atoms with Gasteiger partial charge in [-0.1, -0.05) is 6.07 Å². The number of anilines is 1. The zero-order valence-corrected chi connectivity index (χ0v) is 12.5. The fourth-order valence-corrected chi connectivity index (χ4v) is 2.98. The molecule has 2 aliphatic carbocycles. The predicted molar refractivity (Wildman–Crippen MR) is 81.5 cm³/mol. The van der Waals surface area contributed by atoms with Crippen LogP contribution >= 0.6 is 0 Å². The number of halogens is 1. The number of hydrogen-bond donors (Lipinski definition) is 1. The summed E-state index contributed by atoms with van der Waals surface area (Å²) in [5.41, 5.74) is 0.374. The molecule has 1 aromatic carbocycles. The lowest BCUT2D eigenvalue weighted by molar-refractivity contribution is 0.361. The largest absolute Gasteiger partial charge is 0.369 e. The standard InChI is InChI=1S/C17H22FN3/c1-2-21(16-5-3-4-14(18)10-16)12-17(11-19,13-6-7-13)20-15-8-9-15/h3-5,10,13,15,20H,2,6-9,12H2,1H3. The normalized spacial score (nSPS) is 20.6. The van der Waals surface area contributed by atoms with Crippen LogP contribution in [-0.2, 0) is 0 Å². The van der Waals surface area contributed by atoms with Crippen LogP contribution in [0.2, 0.25) is 0 Å². The first-order chi connectivity index (χ1) is 10.2. The second-order valence-corrected chi connectivity index (χ2v) is 6.27. The van der Waals surface area contributed by atoms with Crippen molar-refractivity contribution in [3.63, 3.8) is 0 Å². The minimum atomic E-state index is -0.483. The molecule has 0 spiro atoms. The van der Waals surface area contributed by atoms with Crippen molar-refractivity contribution in [2.24, 2.45) is 5.92 Å². The van der Waals surface area contributed by atoms with Gasteiger partial charge in [-0.05, 0) is 56.7 Å². The zero-order valence-electron chi connectivity index (χ0n) is 12.5. The second kappa shape index (κ2) is 5.65. The van der Waals surface area contributed by atoms with Gasteiger partial charge in [0.2, 0.25) is 0 Å². The zero-order chi connectivity index (χ0) is 14.9. The summed E-state index contributed by atoms with van der Waals surface area (Å²) >= 11 is 0. The Balaban J connectivity index is 1.81. The van der Waals surface area contributed by atoms with Crippen LogP contribution in [0.15, 0.2) is 24.3 Å². The van der Waals surface area contributed by atoms with E-state index in [2.05, 4.69) is 23.2 Å². The Bertz CT molecular complexity index is 545. The molecule has 0 heterocycles. The van der Waals surface area contributed by atoms with Gasteiger partial charge in [0.15, 0.2) is 0 Å². The fraction of sp³-hybridized carbons (Fsp3) is 0.588. The van der Waals surface area contributed by atoms with E-state index in [1.807, 2.05) is 6.07 Å². The average Bonchev–Trinajstić information content (AvgIpc) is 3.37. The number of benzene rings is 1. The van der Waals surface area contributed by atoms with E-state index in [9.17, 15) is 9.65 Å². The molecule has 0 bridgehead atoms. The predicted octanol–water partition coefficient (Wildman–Crippen LogP) is 3.08. The molecular formula is C17H22FN3. The molecule has 0 aromatic heterocycles. The lowest BCUT2D eigenvalue weighted by Gasteiger charge is -2.35.